The molecule has 3 aliphatic rings. The van der Waals surface area contributed by atoms with Crippen LogP contribution in [0.25, 0.3) is 0 Å². The van der Waals surface area contributed by atoms with Gasteiger partial charge in [0.15, 0.2) is 0 Å². The van der Waals surface area contributed by atoms with Crippen LogP contribution in [0.2, 0.25) is 0 Å². The molecular weight excluding hydrogens is 450 g/mol. The first kappa shape index (κ1) is 31.0. The standard InChI is InChI=1S/C27H44O.H3N.H2O4S/c1-19(2)8-6-9-21(4)25-15-16-26-22(10-7-17-27(25,26)5)12-13-23-18-24(28)14-11-20(23)3;;1-5(2,3)4/h12-13,19,21,24-26,28H,3,6-11,14-18H2,1-2,4-5H3;1H3;(H2,1,2,3,4)/b22-12+,23-13-;;/t21-,24+,25-,26?,27-;;/m1../s1. The predicted octanol–water partition coefficient (Wildman–Crippen LogP) is 7.13. The molecule has 0 bridgehead atoms. The van der Waals surface area contributed by atoms with Crippen LogP contribution in [0.1, 0.15) is 98.3 Å². The first-order chi connectivity index (χ1) is 15.3. The summed E-state index contributed by atoms with van der Waals surface area (Å²) in [5.74, 6) is 3.37. The van der Waals surface area contributed by atoms with E-state index in [0.717, 1.165) is 42.9 Å². The van der Waals surface area contributed by atoms with Crippen molar-refractivity contribution in [3.8, 4) is 0 Å². The Hall–Kier alpha value is -0.990. The quantitative estimate of drug-likeness (QED) is 0.288. The van der Waals surface area contributed by atoms with Crippen molar-refractivity contribution < 1.29 is 22.6 Å². The average Bonchev–Trinajstić information content (AvgIpc) is 3.04. The first-order valence-corrected chi connectivity index (χ1v) is 14.2. The van der Waals surface area contributed by atoms with Crippen molar-refractivity contribution in [1.29, 1.82) is 0 Å². The largest absolute Gasteiger partial charge is 0.394 e. The Balaban J connectivity index is 0.000000873. The molecule has 0 radical (unpaired) electrons. The highest BCUT2D eigenvalue weighted by Crippen LogP contribution is 2.59. The maximum absolute atomic E-state index is 10.0. The second-order valence-electron chi connectivity index (χ2n) is 11.3. The van der Waals surface area contributed by atoms with Crippen molar-refractivity contribution in [3.63, 3.8) is 0 Å². The minimum Gasteiger partial charge on any atom is -0.393 e. The molecule has 0 aromatic heterocycles. The van der Waals surface area contributed by atoms with Gasteiger partial charge in [0.05, 0.1) is 6.10 Å². The van der Waals surface area contributed by atoms with Crippen LogP contribution in [0, 0.1) is 29.1 Å². The van der Waals surface area contributed by atoms with Gasteiger partial charge in [-0.3, -0.25) is 9.11 Å². The lowest BCUT2D eigenvalue weighted by Crippen LogP contribution is -2.36. The van der Waals surface area contributed by atoms with E-state index in [9.17, 15) is 5.11 Å². The summed E-state index contributed by atoms with van der Waals surface area (Å²) in [5, 5.41) is 10.0. The van der Waals surface area contributed by atoms with E-state index in [1.54, 1.807) is 5.57 Å². The molecule has 0 amide bonds. The molecule has 0 heterocycles. The molecular formula is C27H49NO5S. The van der Waals surface area contributed by atoms with E-state index in [4.69, 9.17) is 17.5 Å². The SMILES string of the molecule is C=C1CC[C@H](O)C/C1=C/C=C1\CCC[C@@]2(C)C1CC[C@@H]2[C@H](C)CCCC(C)C.N.O=S(=O)(O)O. The van der Waals surface area contributed by atoms with Crippen LogP contribution in [0.15, 0.2) is 35.5 Å². The van der Waals surface area contributed by atoms with Crippen molar-refractivity contribution in [3.05, 3.63) is 35.5 Å². The van der Waals surface area contributed by atoms with Crippen LogP contribution < -0.4 is 6.15 Å². The van der Waals surface area contributed by atoms with Gasteiger partial charge in [-0.2, -0.15) is 8.42 Å². The van der Waals surface area contributed by atoms with Gasteiger partial charge >= 0.3 is 10.4 Å². The number of rotatable bonds is 6. The monoisotopic (exact) mass is 499 g/mol. The van der Waals surface area contributed by atoms with Crippen molar-refractivity contribution in [2.45, 2.75) is 104 Å². The fraction of sp³-hybridized carbons (Fsp3) is 0.778. The van der Waals surface area contributed by atoms with E-state index in [-0.39, 0.29) is 12.3 Å². The fourth-order valence-electron chi connectivity index (χ4n) is 6.66. The molecule has 0 spiro atoms. The predicted molar refractivity (Wildman–Crippen MR) is 140 cm³/mol. The number of fused-ring (bicyclic) bond motifs is 1. The zero-order valence-electron chi connectivity index (χ0n) is 21.8. The summed E-state index contributed by atoms with van der Waals surface area (Å²) in [6.07, 6.45) is 18.2. The minimum atomic E-state index is -4.67. The third-order valence-corrected chi connectivity index (χ3v) is 8.35. The fourth-order valence-corrected chi connectivity index (χ4v) is 6.66. The third-order valence-electron chi connectivity index (χ3n) is 8.35. The second-order valence-corrected chi connectivity index (χ2v) is 12.2. The van der Waals surface area contributed by atoms with Crippen LogP contribution in [0.3, 0.4) is 0 Å². The highest BCUT2D eigenvalue weighted by atomic mass is 32.3. The molecule has 3 fully saturated rings. The summed E-state index contributed by atoms with van der Waals surface area (Å²) in [6, 6.07) is 0. The van der Waals surface area contributed by atoms with E-state index in [0.29, 0.717) is 5.41 Å². The van der Waals surface area contributed by atoms with Crippen LogP contribution in [-0.4, -0.2) is 28.7 Å². The molecule has 7 heteroatoms. The molecule has 198 valence electrons. The van der Waals surface area contributed by atoms with Crippen molar-refractivity contribution >= 4 is 10.4 Å². The molecule has 1 unspecified atom stereocenters. The van der Waals surface area contributed by atoms with Gasteiger partial charge in [0.1, 0.15) is 0 Å². The van der Waals surface area contributed by atoms with E-state index in [2.05, 4.69) is 46.4 Å². The molecule has 0 aromatic rings. The van der Waals surface area contributed by atoms with Gasteiger partial charge < -0.3 is 11.3 Å². The Bertz CT molecular complexity index is 824. The van der Waals surface area contributed by atoms with E-state index in [1.165, 1.54) is 62.5 Å². The van der Waals surface area contributed by atoms with Crippen molar-refractivity contribution in [2.24, 2.45) is 29.1 Å². The van der Waals surface area contributed by atoms with Gasteiger partial charge in [0.25, 0.3) is 0 Å². The van der Waals surface area contributed by atoms with Gasteiger partial charge in [-0.05, 0) is 86.0 Å². The lowest BCUT2D eigenvalue weighted by Gasteiger charge is -2.44. The highest BCUT2D eigenvalue weighted by Gasteiger charge is 2.50. The number of allylic oxidation sites excluding steroid dienone is 4. The number of aliphatic hydroxyl groups excluding tert-OH is 1. The smallest absolute Gasteiger partial charge is 0.393 e. The summed E-state index contributed by atoms with van der Waals surface area (Å²) < 4.78 is 31.6. The van der Waals surface area contributed by atoms with Crippen LogP contribution in [0.4, 0.5) is 0 Å². The summed E-state index contributed by atoms with van der Waals surface area (Å²) in [7, 11) is -4.67. The zero-order valence-corrected chi connectivity index (χ0v) is 22.6. The molecule has 0 saturated heterocycles. The second kappa shape index (κ2) is 13.4. The number of hydrogen-bond donors (Lipinski definition) is 4. The van der Waals surface area contributed by atoms with Crippen LogP contribution >= 0.6 is 0 Å². The van der Waals surface area contributed by atoms with Crippen LogP contribution in [-0.2, 0) is 10.4 Å². The van der Waals surface area contributed by atoms with Gasteiger partial charge in [-0.25, -0.2) is 0 Å². The highest BCUT2D eigenvalue weighted by molar-refractivity contribution is 7.79. The summed E-state index contributed by atoms with van der Waals surface area (Å²) in [5.41, 5.74) is 4.72. The topological polar surface area (TPSA) is 130 Å². The maximum atomic E-state index is 10.0. The summed E-state index contributed by atoms with van der Waals surface area (Å²) in [6.45, 7) is 14.1. The third kappa shape index (κ3) is 9.23. The summed E-state index contributed by atoms with van der Waals surface area (Å²) in [4.78, 5) is 0. The molecule has 6 N–H and O–H groups in total. The van der Waals surface area contributed by atoms with Gasteiger partial charge in [-0.1, -0.05) is 76.8 Å². The molecule has 34 heavy (non-hydrogen) atoms. The first-order valence-electron chi connectivity index (χ1n) is 12.8. The number of hydrogen-bond acceptors (Lipinski definition) is 4. The molecule has 0 aliphatic heterocycles. The lowest BCUT2D eigenvalue weighted by atomic mass is 9.60. The molecule has 0 aromatic carbocycles. The number of aliphatic hydroxyl groups is 1. The molecule has 5 atom stereocenters. The van der Waals surface area contributed by atoms with Crippen LogP contribution in [0.5, 0.6) is 0 Å². The van der Waals surface area contributed by atoms with Gasteiger partial charge in [-0.15, -0.1) is 0 Å². The Morgan fingerprint density at radius 1 is 1.09 bits per heavy atom. The van der Waals surface area contributed by atoms with E-state index < -0.39 is 10.4 Å². The molecule has 3 rings (SSSR count). The Morgan fingerprint density at radius 2 is 1.74 bits per heavy atom. The molecule has 6 nitrogen and oxygen atoms in total. The normalized spacial score (nSPS) is 32.7. The molecule has 3 saturated carbocycles. The minimum absolute atomic E-state index is 0. The zero-order chi connectivity index (χ0) is 24.8. The lowest BCUT2D eigenvalue weighted by molar-refractivity contribution is 0.0928. The Morgan fingerprint density at radius 3 is 2.35 bits per heavy atom. The average molecular weight is 500 g/mol. The Labute approximate surface area is 208 Å². The van der Waals surface area contributed by atoms with Crippen molar-refractivity contribution in [1.82, 2.24) is 6.15 Å². The van der Waals surface area contributed by atoms with Gasteiger partial charge in [0.2, 0.25) is 0 Å². The Kier molecular flexibility index (Phi) is 12.2. The summed E-state index contributed by atoms with van der Waals surface area (Å²) >= 11 is 0. The van der Waals surface area contributed by atoms with E-state index in [1.807, 2.05) is 0 Å². The van der Waals surface area contributed by atoms with E-state index >= 15 is 0 Å². The molecule has 3 aliphatic carbocycles. The maximum Gasteiger partial charge on any atom is 0.394 e. The van der Waals surface area contributed by atoms with Gasteiger partial charge in [0, 0.05) is 0 Å². The van der Waals surface area contributed by atoms with Crippen molar-refractivity contribution in [2.75, 3.05) is 0 Å².